The van der Waals surface area contributed by atoms with Gasteiger partial charge in [0.2, 0.25) is 0 Å². The van der Waals surface area contributed by atoms with E-state index < -0.39 is 0 Å². The van der Waals surface area contributed by atoms with E-state index in [1.54, 1.807) is 4.90 Å². The van der Waals surface area contributed by atoms with Gasteiger partial charge in [0.15, 0.2) is 0 Å². The van der Waals surface area contributed by atoms with Gasteiger partial charge in [-0.3, -0.25) is 14.6 Å². The molecule has 0 bridgehead atoms. The maximum absolute atomic E-state index is 13.2. The summed E-state index contributed by atoms with van der Waals surface area (Å²) in [5, 5.41) is 15.4. The zero-order chi connectivity index (χ0) is 21.9. The molecule has 0 radical (unpaired) electrons. The summed E-state index contributed by atoms with van der Waals surface area (Å²) in [7, 11) is 0. The minimum Gasteiger partial charge on any atom is -0.507 e. The molecule has 0 unspecified atom stereocenters. The molecule has 2 aliphatic rings. The number of carbonyl (C=O) groups excluding carboxylic acids is 1. The number of rotatable bonds is 5. The number of morpholine rings is 1. The first-order chi connectivity index (χ1) is 15.7. The molecule has 5 rings (SSSR count). The van der Waals surface area contributed by atoms with Gasteiger partial charge >= 0.3 is 0 Å². The number of thiophene rings is 1. The number of fused-ring (bicyclic) bond motifs is 1. The number of phenolic OH excluding ortho intramolecular Hbond substituents is 1. The van der Waals surface area contributed by atoms with E-state index in [0.29, 0.717) is 38.4 Å². The Morgan fingerprint density at radius 2 is 1.66 bits per heavy atom. The predicted octanol–water partition coefficient (Wildman–Crippen LogP) is 3.40. The van der Waals surface area contributed by atoms with Crippen LogP contribution >= 0.6 is 11.3 Å². The monoisotopic (exact) mass is 451 g/mol. The Bertz CT molecular complexity index is 1070. The van der Waals surface area contributed by atoms with Crippen LogP contribution in [0.25, 0.3) is 10.8 Å². The van der Waals surface area contributed by atoms with Gasteiger partial charge in [-0.1, -0.05) is 30.3 Å². The summed E-state index contributed by atoms with van der Waals surface area (Å²) in [6.07, 6.45) is 0. The van der Waals surface area contributed by atoms with Crippen molar-refractivity contribution in [3.8, 4) is 5.75 Å². The molecule has 7 heteroatoms. The predicted molar refractivity (Wildman–Crippen MR) is 127 cm³/mol. The number of benzene rings is 2. The molecule has 0 atom stereocenters. The molecule has 2 fully saturated rings. The maximum Gasteiger partial charge on any atom is 0.257 e. The number of aromatic hydroxyl groups is 1. The van der Waals surface area contributed by atoms with Crippen LogP contribution in [0.1, 0.15) is 20.8 Å². The molecule has 0 spiro atoms. The van der Waals surface area contributed by atoms with E-state index in [2.05, 4.69) is 27.3 Å². The number of carbonyl (C=O) groups is 1. The zero-order valence-electron chi connectivity index (χ0n) is 18.2. The molecule has 6 nitrogen and oxygen atoms in total. The van der Waals surface area contributed by atoms with E-state index in [0.717, 1.165) is 49.1 Å². The highest BCUT2D eigenvalue weighted by Gasteiger charge is 2.26. The number of amides is 1. The van der Waals surface area contributed by atoms with Crippen LogP contribution in [0.15, 0.2) is 47.8 Å². The van der Waals surface area contributed by atoms with E-state index >= 15 is 0 Å². The summed E-state index contributed by atoms with van der Waals surface area (Å²) >= 11 is 1.81. The number of hydrogen-bond acceptors (Lipinski definition) is 6. The fraction of sp³-hybridized carbons (Fsp3) is 0.400. The van der Waals surface area contributed by atoms with E-state index in [-0.39, 0.29) is 11.7 Å². The van der Waals surface area contributed by atoms with E-state index in [9.17, 15) is 9.90 Å². The molecule has 2 aliphatic heterocycles. The van der Waals surface area contributed by atoms with Crippen molar-refractivity contribution in [1.29, 1.82) is 0 Å². The molecule has 0 saturated carbocycles. The molecule has 1 amide bonds. The summed E-state index contributed by atoms with van der Waals surface area (Å²) < 4.78 is 5.39. The molecule has 1 N–H and O–H groups in total. The lowest BCUT2D eigenvalue weighted by atomic mass is 9.97. The van der Waals surface area contributed by atoms with Gasteiger partial charge in [0, 0.05) is 62.8 Å². The van der Waals surface area contributed by atoms with Crippen LogP contribution in [0.5, 0.6) is 5.75 Å². The average Bonchev–Trinajstić information content (AvgIpc) is 3.35. The second kappa shape index (κ2) is 9.58. The quantitative estimate of drug-likeness (QED) is 0.644. The van der Waals surface area contributed by atoms with Crippen LogP contribution in [0, 0.1) is 0 Å². The van der Waals surface area contributed by atoms with Crippen molar-refractivity contribution < 1.29 is 14.6 Å². The SMILES string of the molecule is O=C(c1cc2ccccc2c(CN2CCN(Cc3cccs3)CC2)c1O)N1CCOCC1. The third kappa shape index (κ3) is 4.52. The zero-order valence-corrected chi connectivity index (χ0v) is 19.0. The van der Waals surface area contributed by atoms with Crippen molar-refractivity contribution >= 4 is 28.0 Å². The molecule has 168 valence electrons. The maximum atomic E-state index is 13.2. The fourth-order valence-corrected chi connectivity index (χ4v) is 5.37. The molecule has 32 heavy (non-hydrogen) atoms. The van der Waals surface area contributed by atoms with Crippen LogP contribution in [0.3, 0.4) is 0 Å². The molecule has 1 aromatic heterocycles. The summed E-state index contributed by atoms with van der Waals surface area (Å²) in [6, 6.07) is 14.2. The fourth-order valence-electron chi connectivity index (χ4n) is 4.62. The van der Waals surface area contributed by atoms with Gasteiger partial charge in [0.05, 0.1) is 18.8 Å². The molecule has 2 aromatic carbocycles. The Kier molecular flexibility index (Phi) is 6.41. The first-order valence-electron chi connectivity index (χ1n) is 11.3. The van der Waals surface area contributed by atoms with Gasteiger partial charge in [0.1, 0.15) is 5.75 Å². The van der Waals surface area contributed by atoms with Crippen LogP contribution in [-0.4, -0.2) is 78.2 Å². The van der Waals surface area contributed by atoms with Gasteiger partial charge < -0.3 is 14.7 Å². The van der Waals surface area contributed by atoms with Crippen molar-refractivity contribution in [3.05, 3.63) is 63.8 Å². The first-order valence-corrected chi connectivity index (χ1v) is 12.1. The largest absolute Gasteiger partial charge is 0.507 e. The Morgan fingerprint density at radius 1 is 0.938 bits per heavy atom. The van der Waals surface area contributed by atoms with Crippen molar-refractivity contribution in [2.45, 2.75) is 13.1 Å². The molecular formula is C25H29N3O3S. The number of hydrogen-bond donors (Lipinski definition) is 1. The van der Waals surface area contributed by atoms with Gasteiger partial charge in [0.25, 0.3) is 5.91 Å². The minimum absolute atomic E-state index is 0.112. The molecule has 2 saturated heterocycles. The number of nitrogens with zero attached hydrogens (tertiary/aromatic N) is 3. The lowest BCUT2D eigenvalue weighted by molar-refractivity contribution is 0.0301. The smallest absolute Gasteiger partial charge is 0.257 e. The van der Waals surface area contributed by atoms with Gasteiger partial charge in [-0.2, -0.15) is 0 Å². The molecule has 0 aliphatic carbocycles. The lowest BCUT2D eigenvalue weighted by Crippen LogP contribution is -2.45. The standard InChI is InChI=1S/C25H29N3O3S/c29-24-22(25(30)28-11-13-31-14-12-28)16-19-4-1-2-6-21(19)23(24)18-27-9-7-26(8-10-27)17-20-5-3-15-32-20/h1-6,15-16,29H,7-14,17-18H2. The summed E-state index contributed by atoms with van der Waals surface area (Å²) in [6.45, 7) is 7.75. The molecule has 3 aromatic rings. The number of phenols is 1. The minimum atomic E-state index is -0.112. The number of piperazine rings is 1. The normalized spacial score (nSPS) is 18.3. The second-order valence-electron chi connectivity index (χ2n) is 8.51. The second-order valence-corrected chi connectivity index (χ2v) is 9.54. The summed E-state index contributed by atoms with van der Waals surface area (Å²) in [5.74, 6) is 0.0137. The third-order valence-corrected chi connectivity index (χ3v) is 7.32. The Morgan fingerprint density at radius 3 is 2.38 bits per heavy atom. The summed E-state index contributed by atoms with van der Waals surface area (Å²) in [5.41, 5.74) is 1.25. The van der Waals surface area contributed by atoms with Gasteiger partial charge in [-0.05, 0) is 28.3 Å². The Labute approximate surface area is 192 Å². The average molecular weight is 452 g/mol. The Hall–Kier alpha value is -2.45. The lowest BCUT2D eigenvalue weighted by Gasteiger charge is -2.35. The highest BCUT2D eigenvalue weighted by atomic mass is 32.1. The van der Waals surface area contributed by atoms with E-state index in [1.807, 2.05) is 41.7 Å². The topological polar surface area (TPSA) is 56.2 Å². The van der Waals surface area contributed by atoms with E-state index in [1.165, 1.54) is 4.88 Å². The Balaban J connectivity index is 1.36. The van der Waals surface area contributed by atoms with Crippen molar-refractivity contribution in [2.75, 3.05) is 52.5 Å². The van der Waals surface area contributed by atoms with Crippen molar-refractivity contribution in [3.63, 3.8) is 0 Å². The summed E-state index contributed by atoms with van der Waals surface area (Å²) in [4.78, 5) is 21.2. The third-order valence-electron chi connectivity index (χ3n) is 6.46. The van der Waals surface area contributed by atoms with Crippen molar-refractivity contribution in [2.24, 2.45) is 0 Å². The molecular weight excluding hydrogens is 422 g/mol. The van der Waals surface area contributed by atoms with Crippen LogP contribution in [0.4, 0.5) is 0 Å². The van der Waals surface area contributed by atoms with Gasteiger partial charge in [-0.15, -0.1) is 11.3 Å². The number of ether oxygens (including phenoxy) is 1. The van der Waals surface area contributed by atoms with Crippen LogP contribution < -0.4 is 0 Å². The highest BCUT2D eigenvalue weighted by Crippen LogP contribution is 2.33. The van der Waals surface area contributed by atoms with Gasteiger partial charge in [-0.25, -0.2) is 0 Å². The molecule has 3 heterocycles. The van der Waals surface area contributed by atoms with Crippen molar-refractivity contribution in [1.82, 2.24) is 14.7 Å². The first kappa shape index (κ1) is 21.4. The van der Waals surface area contributed by atoms with Crippen LogP contribution in [0.2, 0.25) is 0 Å². The van der Waals surface area contributed by atoms with Crippen LogP contribution in [-0.2, 0) is 17.8 Å². The highest BCUT2D eigenvalue weighted by molar-refractivity contribution is 7.09. The van der Waals surface area contributed by atoms with E-state index in [4.69, 9.17) is 4.74 Å².